The Kier molecular flexibility index (Phi) is 3.78. The first-order valence-corrected chi connectivity index (χ1v) is 5.07. The molecular weight excluding hydrogens is 303 g/mol. The van der Waals surface area contributed by atoms with E-state index < -0.39 is 29.7 Å². The highest BCUT2D eigenvalue weighted by molar-refractivity contribution is 9.10. The standard InChI is InChI=1S/C10H5BrF3NO2/c11-8-2-1-7(10(12,13)14)6(4-15)5(8)3-9(16)17/h1-2H,3H2,(H,16,17). The number of aliphatic carboxylic acids is 1. The SMILES string of the molecule is N#Cc1c(C(F)(F)F)ccc(Br)c1CC(=O)O. The van der Waals surface area contributed by atoms with Crippen LogP contribution >= 0.6 is 15.9 Å². The number of alkyl halides is 3. The molecule has 0 spiro atoms. The molecule has 0 aliphatic carbocycles. The second-order valence-corrected chi connectivity index (χ2v) is 3.98. The smallest absolute Gasteiger partial charge is 0.417 e. The molecule has 0 aliphatic heterocycles. The van der Waals surface area contributed by atoms with Crippen molar-refractivity contribution in [2.45, 2.75) is 12.6 Å². The van der Waals surface area contributed by atoms with E-state index in [4.69, 9.17) is 10.4 Å². The number of carboxylic acids is 1. The zero-order valence-electron chi connectivity index (χ0n) is 8.18. The lowest BCUT2D eigenvalue weighted by Gasteiger charge is -2.12. The Morgan fingerprint density at radius 3 is 2.47 bits per heavy atom. The second kappa shape index (κ2) is 4.75. The largest absolute Gasteiger partial charge is 0.481 e. The fourth-order valence-corrected chi connectivity index (χ4v) is 1.78. The van der Waals surface area contributed by atoms with Gasteiger partial charge in [-0.15, -0.1) is 0 Å². The average molecular weight is 308 g/mol. The van der Waals surface area contributed by atoms with Gasteiger partial charge in [-0.05, 0) is 17.7 Å². The van der Waals surface area contributed by atoms with E-state index >= 15 is 0 Å². The second-order valence-electron chi connectivity index (χ2n) is 3.13. The quantitative estimate of drug-likeness (QED) is 0.913. The van der Waals surface area contributed by atoms with Gasteiger partial charge in [-0.3, -0.25) is 4.79 Å². The Balaban J connectivity index is 3.49. The maximum Gasteiger partial charge on any atom is 0.417 e. The number of hydrogen-bond acceptors (Lipinski definition) is 2. The van der Waals surface area contributed by atoms with Gasteiger partial charge in [0, 0.05) is 4.47 Å². The Bertz CT molecular complexity index is 505. The van der Waals surface area contributed by atoms with Crippen molar-refractivity contribution < 1.29 is 23.1 Å². The van der Waals surface area contributed by atoms with Crippen molar-refractivity contribution in [2.24, 2.45) is 0 Å². The topological polar surface area (TPSA) is 61.1 Å². The van der Waals surface area contributed by atoms with Crippen LogP contribution in [0.4, 0.5) is 13.2 Å². The molecule has 0 saturated carbocycles. The van der Waals surface area contributed by atoms with Crippen LogP contribution < -0.4 is 0 Å². The van der Waals surface area contributed by atoms with E-state index in [1.807, 2.05) is 0 Å². The highest BCUT2D eigenvalue weighted by atomic mass is 79.9. The number of carbonyl (C=O) groups is 1. The lowest BCUT2D eigenvalue weighted by atomic mass is 9.99. The normalized spacial score (nSPS) is 11.0. The van der Waals surface area contributed by atoms with Crippen LogP contribution in [-0.4, -0.2) is 11.1 Å². The molecule has 0 atom stereocenters. The third-order valence-electron chi connectivity index (χ3n) is 2.00. The summed E-state index contributed by atoms with van der Waals surface area (Å²) in [5, 5.41) is 17.3. The molecule has 1 N–H and O–H groups in total. The molecule has 0 fully saturated rings. The molecule has 0 aliphatic rings. The monoisotopic (exact) mass is 307 g/mol. The van der Waals surface area contributed by atoms with Crippen LogP contribution in [0.3, 0.4) is 0 Å². The maximum absolute atomic E-state index is 12.6. The van der Waals surface area contributed by atoms with Gasteiger partial charge in [0.05, 0.1) is 17.5 Å². The number of rotatable bonds is 2. The third-order valence-corrected chi connectivity index (χ3v) is 2.74. The van der Waals surface area contributed by atoms with Gasteiger partial charge < -0.3 is 5.11 Å². The summed E-state index contributed by atoms with van der Waals surface area (Å²) in [6, 6.07) is 3.23. The number of carboxylic acid groups (broad SMARTS) is 1. The molecule has 1 aromatic carbocycles. The fourth-order valence-electron chi connectivity index (χ4n) is 1.31. The molecule has 7 heteroatoms. The number of hydrogen-bond donors (Lipinski definition) is 1. The summed E-state index contributed by atoms with van der Waals surface area (Å²) >= 11 is 2.94. The van der Waals surface area contributed by atoms with Crippen LogP contribution in [0, 0.1) is 11.3 Å². The van der Waals surface area contributed by atoms with Gasteiger partial charge in [-0.1, -0.05) is 15.9 Å². The molecule has 17 heavy (non-hydrogen) atoms. The Hall–Kier alpha value is -1.55. The van der Waals surface area contributed by atoms with Gasteiger partial charge in [0.15, 0.2) is 0 Å². The summed E-state index contributed by atoms with van der Waals surface area (Å²) < 4.78 is 37.9. The Morgan fingerprint density at radius 2 is 2.06 bits per heavy atom. The molecule has 0 amide bonds. The van der Waals surface area contributed by atoms with E-state index in [9.17, 15) is 18.0 Å². The van der Waals surface area contributed by atoms with Crippen molar-refractivity contribution in [2.75, 3.05) is 0 Å². The molecule has 1 rings (SSSR count). The van der Waals surface area contributed by atoms with Gasteiger partial charge in [0.25, 0.3) is 0 Å². The zero-order valence-corrected chi connectivity index (χ0v) is 9.76. The van der Waals surface area contributed by atoms with Crippen molar-refractivity contribution in [1.82, 2.24) is 0 Å². The molecule has 0 aromatic heterocycles. The zero-order chi connectivity index (χ0) is 13.2. The van der Waals surface area contributed by atoms with Crippen LogP contribution in [0.1, 0.15) is 16.7 Å². The van der Waals surface area contributed by atoms with E-state index in [0.717, 1.165) is 12.1 Å². The van der Waals surface area contributed by atoms with Crippen molar-refractivity contribution in [1.29, 1.82) is 5.26 Å². The average Bonchev–Trinajstić information content (AvgIpc) is 2.18. The van der Waals surface area contributed by atoms with Gasteiger partial charge >= 0.3 is 12.1 Å². The molecular formula is C10H5BrF3NO2. The van der Waals surface area contributed by atoms with Crippen LogP contribution in [0.5, 0.6) is 0 Å². The third kappa shape index (κ3) is 2.97. The minimum atomic E-state index is -4.68. The number of halogens is 4. The van der Waals surface area contributed by atoms with E-state index in [-0.39, 0.29) is 10.0 Å². The number of nitrogens with zero attached hydrogens (tertiary/aromatic N) is 1. The number of benzene rings is 1. The minimum absolute atomic E-state index is 0.171. The van der Waals surface area contributed by atoms with Gasteiger partial charge in [-0.2, -0.15) is 18.4 Å². The highest BCUT2D eigenvalue weighted by Gasteiger charge is 2.35. The maximum atomic E-state index is 12.6. The predicted octanol–water partition coefficient (Wildman–Crippen LogP) is 2.97. The molecule has 0 bridgehead atoms. The molecule has 1 aromatic rings. The van der Waals surface area contributed by atoms with Crippen LogP contribution in [0.2, 0.25) is 0 Å². The summed E-state index contributed by atoms with van der Waals surface area (Å²) in [6.45, 7) is 0. The summed E-state index contributed by atoms with van der Waals surface area (Å²) in [4.78, 5) is 10.5. The summed E-state index contributed by atoms with van der Waals surface area (Å²) in [7, 11) is 0. The van der Waals surface area contributed by atoms with Crippen LogP contribution in [0.25, 0.3) is 0 Å². The molecule has 90 valence electrons. The van der Waals surface area contributed by atoms with Gasteiger partial charge in [0.2, 0.25) is 0 Å². The molecule has 0 radical (unpaired) electrons. The predicted molar refractivity (Wildman–Crippen MR) is 55.2 cm³/mol. The Labute approximate surface area is 103 Å². The molecule has 0 unspecified atom stereocenters. The fraction of sp³-hybridized carbons (Fsp3) is 0.200. The first-order valence-electron chi connectivity index (χ1n) is 4.28. The lowest BCUT2D eigenvalue weighted by molar-refractivity contribution is -0.139. The van der Waals surface area contributed by atoms with Crippen LogP contribution in [-0.2, 0) is 17.4 Å². The summed E-state index contributed by atoms with van der Waals surface area (Å²) in [5.41, 5.74) is -1.96. The number of nitriles is 1. The molecule has 3 nitrogen and oxygen atoms in total. The first kappa shape index (κ1) is 13.5. The first-order chi connectivity index (χ1) is 7.77. The summed E-state index contributed by atoms with van der Waals surface area (Å²) in [5.74, 6) is -1.30. The minimum Gasteiger partial charge on any atom is -0.481 e. The highest BCUT2D eigenvalue weighted by Crippen LogP contribution is 2.35. The molecule has 0 saturated heterocycles. The summed E-state index contributed by atoms with van der Waals surface area (Å²) in [6.07, 6.45) is -5.33. The van der Waals surface area contributed by atoms with Crippen molar-refractivity contribution in [3.8, 4) is 6.07 Å². The van der Waals surface area contributed by atoms with E-state index in [0.29, 0.717) is 0 Å². The Morgan fingerprint density at radius 1 is 1.47 bits per heavy atom. The molecule has 0 heterocycles. The lowest BCUT2D eigenvalue weighted by Crippen LogP contribution is -2.12. The van der Waals surface area contributed by atoms with Crippen molar-refractivity contribution >= 4 is 21.9 Å². The van der Waals surface area contributed by atoms with E-state index in [1.165, 1.54) is 6.07 Å². The van der Waals surface area contributed by atoms with Gasteiger partial charge in [0.1, 0.15) is 6.07 Å². The van der Waals surface area contributed by atoms with E-state index in [2.05, 4.69) is 15.9 Å². The van der Waals surface area contributed by atoms with Crippen molar-refractivity contribution in [3.63, 3.8) is 0 Å². The van der Waals surface area contributed by atoms with Crippen molar-refractivity contribution in [3.05, 3.63) is 33.3 Å². The van der Waals surface area contributed by atoms with E-state index in [1.54, 1.807) is 0 Å². The van der Waals surface area contributed by atoms with Crippen LogP contribution in [0.15, 0.2) is 16.6 Å². The van der Waals surface area contributed by atoms with Gasteiger partial charge in [-0.25, -0.2) is 0 Å².